The van der Waals surface area contributed by atoms with Gasteiger partial charge in [0.2, 0.25) is 0 Å². The zero-order valence-corrected chi connectivity index (χ0v) is 17.5. The lowest BCUT2D eigenvalue weighted by Gasteiger charge is -2.12. The summed E-state index contributed by atoms with van der Waals surface area (Å²) < 4.78 is 53.6. The molecule has 2 aromatic carbocycles. The number of pyridine rings is 1. The number of carbonyl (C=O) groups excluding carboxylic acids is 3. The third-order valence-corrected chi connectivity index (χ3v) is 4.84. The minimum absolute atomic E-state index is 0.0272. The second-order valence-corrected chi connectivity index (χ2v) is 7.06. The number of hydrogen-bond acceptors (Lipinski definition) is 4. The molecule has 33 heavy (non-hydrogen) atoms. The number of carbonyl (C=O) groups is 3. The fraction of sp³-hybridized carbons (Fsp3) is 0.0909. The number of alkyl halides is 3. The van der Waals surface area contributed by atoms with Crippen LogP contribution in [0.4, 0.5) is 23.2 Å². The monoisotopic (exact) mass is 479 g/mol. The van der Waals surface area contributed by atoms with Crippen molar-refractivity contribution >= 4 is 34.9 Å². The predicted molar refractivity (Wildman–Crippen MR) is 112 cm³/mol. The Hall–Kier alpha value is -3.79. The second-order valence-electron chi connectivity index (χ2n) is 6.65. The van der Waals surface area contributed by atoms with Crippen molar-refractivity contribution in [1.82, 2.24) is 10.3 Å². The Morgan fingerprint density at radius 1 is 1.03 bits per heavy atom. The van der Waals surface area contributed by atoms with Gasteiger partial charge in [0.15, 0.2) is 0 Å². The summed E-state index contributed by atoms with van der Waals surface area (Å²) in [6, 6.07) is 8.92. The van der Waals surface area contributed by atoms with Crippen LogP contribution >= 0.6 is 11.6 Å². The van der Waals surface area contributed by atoms with Gasteiger partial charge in [0, 0.05) is 24.5 Å². The van der Waals surface area contributed by atoms with Crippen LogP contribution < -0.4 is 10.6 Å². The lowest BCUT2D eigenvalue weighted by Crippen LogP contribution is -2.24. The van der Waals surface area contributed by atoms with Gasteiger partial charge in [-0.2, -0.15) is 13.2 Å². The molecule has 0 fully saturated rings. The van der Waals surface area contributed by atoms with E-state index in [4.69, 9.17) is 11.6 Å². The van der Waals surface area contributed by atoms with Gasteiger partial charge in [0.05, 0.1) is 16.1 Å². The van der Waals surface area contributed by atoms with Crippen molar-refractivity contribution in [2.24, 2.45) is 0 Å². The van der Waals surface area contributed by atoms with Crippen LogP contribution in [0.2, 0.25) is 5.02 Å². The molecule has 0 aliphatic rings. The first kappa shape index (κ1) is 23.9. The maximum absolute atomic E-state index is 14.7. The Balaban J connectivity index is 1.86. The highest BCUT2D eigenvalue weighted by atomic mass is 35.5. The summed E-state index contributed by atoms with van der Waals surface area (Å²) in [4.78, 5) is 40.6. The summed E-state index contributed by atoms with van der Waals surface area (Å²) in [5, 5.41) is 3.83. The third kappa shape index (κ3) is 5.17. The molecule has 2 N–H and O–H groups in total. The van der Waals surface area contributed by atoms with Crippen LogP contribution in [-0.4, -0.2) is 29.6 Å². The van der Waals surface area contributed by atoms with E-state index >= 15 is 0 Å². The van der Waals surface area contributed by atoms with Crippen LogP contribution in [0.15, 0.2) is 54.7 Å². The molecular formula is C22H14ClF4N3O3. The van der Waals surface area contributed by atoms with Gasteiger partial charge in [-0.3, -0.25) is 19.4 Å². The van der Waals surface area contributed by atoms with Crippen molar-refractivity contribution in [3.05, 3.63) is 82.4 Å². The molecule has 0 saturated heterocycles. The highest BCUT2D eigenvalue weighted by Gasteiger charge is 2.33. The van der Waals surface area contributed by atoms with Gasteiger partial charge in [-0.1, -0.05) is 23.7 Å². The summed E-state index contributed by atoms with van der Waals surface area (Å²) in [6.07, 6.45) is -3.39. The van der Waals surface area contributed by atoms with Crippen molar-refractivity contribution < 1.29 is 31.9 Å². The Morgan fingerprint density at radius 2 is 1.76 bits per heavy atom. The summed E-state index contributed by atoms with van der Waals surface area (Å²) in [5.74, 6) is -4.22. The van der Waals surface area contributed by atoms with Gasteiger partial charge in [0.1, 0.15) is 11.5 Å². The highest BCUT2D eigenvalue weighted by Crippen LogP contribution is 2.36. The molecule has 0 spiro atoms. The second kappa shape index (κ2) is 9.37. The first-order valence-electron chi connectivity index (χ1n) is 9.22. The van der Waals surface area contributed by atoms with Crippen molar-refractivity contribution in [2.45, 2.75) is 6.18 Å². The van der Waals surface area contributed by atoms with E-state index in [1.165, 1.54) is 31.4 Å². The molecular weight excluding hydrogens is 466 g/mol. The fourth-order valence-corrected chi connectivity index (χ4v) is 3.16. The zero-order valence-electron chi connectivity index (χ0n) is 16.8. The number of amides is 2. The molecule has 0 unspecified atom stereocenters. The number of nitrogens with one attached hydrogen (secondary N) is 2. The van der Waals surface area contributed by atoms with Crippen LogP contribution in [0.3, 0.4) is 0 Å². The molecule has 0 saturated carbocycles. The van der Waals surface area contributed by atoms with Gasteiger partial charge < -0.3 is 10.6 Å². The van der Waals surface area contributed by atoms with Crippen LogP contribution in [-0.2, 0) is 11.0 Å². The number of ketones is 1. The van der Waals surface area contributed by atoms with Crippen LogP contribution in [0.25, 0.3) is 11.1 Å². The third-order valence-electron chi connectivity index (χ3n) is 4.51. The van der Waals surface area contributed by atoms with E-state index in [9.17, 15) is 31.9 Å². The molecule has 2 amide bonds. The number of anilines is 1. The van der Waals surface area contributed by atoms with Crippen molar-refractivity contribution in [2.75, 3.05) is 12.4 Å². The fourth-order valence-electron chi connectivity index (χ4n) is 2.93. The smallest absolute Gasteiger partial charge is 0.354 e. The molecule has 6 nitrogen and oxygen atoms in total. The topological polar surface area (TPSA) is 88.2 Å². The number of nitrogens with zero attached hydrogens (tertiary/aromatic N) is 1. The van der Waals surface area contributed by atoms with Gasteiger partial charge in [-0.25, -0.2) is 4.39 Å². The molecule has 0 radical (unpaired) electrons. The van der Waals surface area contributed by atoms with Crippen LogP contribution in [0, 0.1) is 5.82 Å². The molecule has 0 bridgehead atoms. The maximum Gasteiger partial charge on any atom is 0.417 e. The van der Waals surface area contributed by atoms with Gasteiger partial charge in [-0.05, 0) is 42.0 Å². The SMILES string of the molecule is CNC(=O)c1ncccc1-c1ccc(C(=O)C(=O)Nc2ccc(Cl)c(C(F)(F)F)c2)c(F)c1. The number of Topliss-reactive ketones (excluding diaryl/α,β-unsaturated/α-hetero) is 1. The Bertz CT molecular complexity index is 1260. The number of aromatic nitrogens is 1. The maximum atomic E-state index is 14.7. The Morgan fingerprint density at radius 3 is 2.39 bits per heavy atom. The van der Waals surface area contributed by atoms with E-state index in [1.54, 1.807) is 0 Å². The van der Waals surface area contributed by atoms with E-state index in [0.29, 0.717) is 11.6 Å². The van der Waals surface area contributed by atoms with Crippen molar-refractivity contribution in [3.63, 3.8) is 0 Å². The van der Waals surface area contributed by atoms with Gasteiger partial charge >= 0.3 is 6.18 Å². The van der Waals surface area contributed by atoms with Crippen molar-refractivity contribution in [3.8, 4) is 11.1 Å². The molecule has 0 aliphatic heterocycles. The largest absolute Gasteiger partial charge is 0.417 e. The molecule has 0 aliphatic carbocycles. The molecule has 170 valence electrons. The molecule has 0 atom stereocenters. The first-order chi connectivity index (χ1) is 15.5. The predicted octanol–water partition coefficient (Wildman–Crippen LogP) is 4.74. The Kier molecular flexibility index (Phi) is 6.78. The minimum Gasteiger partial charge on any atom is -0.354 e. The van der Waals surface area contributed by atoms with Crippen LogP contribution in [0.5, 0.6) is 0 Å². The van der Waals surface area contributed by atoms with Gasteiger partial charge in [-0.15, -0.1) is 0 Å². The van der Waals surface area contributed by atoms with Crippen LogP contribution in [0.1, 0.15) is 26.4 Å². The molecule has 11 heteroatoms. The van der Waals surface area contributed by atoms with E-state index in [2.05, 4.69) is 10.3 Å². The summed E-state index contributed by atoms with van der Waals surface area (Å²) in [6.45, 7) is 0. The number of hydrogen-bond donors (Lipinski definition) is 2. The number of halogens is 5. The van der Waals surface area contributed by atoms with Gasteiger partial charge in [0.25, 0.3) is 17.6 Å². The Labute approximate surface area is 189 Å². The summed E-state index contributed by atoms with van der Waals surface area (Å²) in [5.41, 5.74) is -1.60. The standard InChI is InChI=1S/C22H14ClF4N3O3/c1-28-20(32)18-13(3-2-8-29-18)11-4-6-14(17(24)9-11)19(31)21(33)30-12-5-7-16(23)15(10-12)22(25,26)27/h2-10H,1H3,(H,28,32)(H,30,33). The van der Waals surface area contributed by atoms with E-state index in [1.807, 2.05) is 5.32 Å². The first-order valence-corrected chi connectivity index (χ1v) is 9.60. The number of rotatable bonds is 5. The average Bonchev–Trinajstić information content (AvgIpc) is 2.78. The lowest BCUT2D eigenvalue weighted by atomic mass is 10.00. The highest BCUT2D eigenvalue weighted by molar-refractivity contribution is 6.46. The normalized spacial score (nSPS) is 11.1. The molecule has 3 aromatic rings. The van der Waals surface area contributed by atoms with E-state index in [-0.39, 0.29) is 16.9 Å². The van der Waals surface area contributed by atoms with E-state index < -0.39 is 45.7 Å². The quantitative estimate of drug-likeness (QED) is 0.314. The lowest BCUT2D eigenvalue weighted by molar-refractivity contribution is -0.137. The van der Waals surface area contributed by atoms with E-state index in [0.717, 1.165) is 24.3 Å². The number of benzene rings is 2. The molecule has 1 heterocycles. The molecule has 1 aromatic heterocycles. The average molecular weight is 480 g/mol. The summed E-state index contributed by atoms with van der Waals surface area (Å²) in [7, 11) is 1.40. The zero-order chi connectivity index (χ0) is 24.3. The minimum atomic E-state index is -4.77. The summed E-state index contributed by atoms with van der Waals surface area (Å²) >= 11 is 5.52. The molecule has 3 rings (SSSR count). The van der Waals surface area contributed by atoms with Crippen molar-refractivity contribution in [1.29, 1.82) is 0 Å².